The second-order valence-corrected chi connectivity index (χ2v) is 16.8. The molecule has 4 heterocycles. The first-order valence-electron chi connectivity index (χ1n) is 21.3. The third-order valence-corrected chi connectivity index (χ3v) is 12.2. The average molecular weight is 836 g/mol. The lowest BCUT2D eigenvalue weighted by atomic mass is 9.95. The fourth-order valence-corrected chi connectivity index (χ4v) is 8.77. The van der Waals surface area contributed by atoms with Gasteiger partial charge in [-0.2, -0.15) is 0 Å². The van der Waals surface area contributed by atoms with Gasteiger partial charge in [-0.25, -0.2) is 14.6 Å². The molecule has 5 aromatic rings. The second kappa shape index (κ2) is 18.1. The van der Waals surface area contributed by atoms with Crippen molar-refractivity contribution in [3.63, 3.8) is 0 Å². The number of carbonyl (C=O) groups excluding carboxylic acids is 4. The van der Waals surface area contributed by atoms with Gasteiger partial charge in [0.1, 0.15) is 11.9 Å². The molecular formula is C49H53N7O6. The molecule has 62 heavy (non-hydrogen) atoms. The van der Waals surface area contributed by atoms with Crippen LogP contribution in [0.4, 0.5) is 9.59 Å². The number of aliphatic imine (C=N–C) groups is 1. The summed E-state index contributed by atoms with van der Waals surface area (Å²) in [4.78, 5) is 70.3. The van der Waals surface area contributed by atoms with Crippen LogP contribution < -0.4 is 5.32 Å². The largest absolute Gasteiger partial charge is 0.453 e. The molecular weight excluding hydrogens is 783 g/mol. The molecule has 0 spiro atoms. The summed E-state index contributed by atoms with van der Waals surface area (Å²) in [6, 6.07) is 29.5. The molecule has 1 aromatic heterocycles. The van der Waals surface area contributed by atoms with Crippen LogP contribution in [0, 0.1) is 5.92 Å². The van der Waals surface area contributed by atoms with Crippen molar-refractivity contribution in [3.8, 4) is 22.4 Å². The van der Waals surface area contributed by atoms with Gasteiger partial charge < -0.3 is 34.5 Å². The molecule has 13 nitrogen and oxygen atoms in total. The number of allylic oxidation sites excluding steroid dienone is 1. The number of aromatic amines is 1. The first kappa shape index (κ1) is 42.0. The maximum Gasteiger partial charge on any atom is 0.410 e. The van der Waals surface area contributed by atoms with Crippen molar-refractivity contribution in [1.29, 1.82) is 0 Å². The number of carbonyl (C=O) groups is 4. The molecule has 4 aromatic carbocycles. The van der Waals surface area contributed by atoms with Crippen molar-refractivity contribution in [2.24, 2.45) is 10.9 Å². The smallest absolute Gasteiger partial charge is 0.410 e. The summed E-state index contributed by atoms with van der Waals surface area (Å²) in [6.45, 7) is 4.99. The third-order valence-electron chi connectivity index (χ3n) is 12.2. The summed E-state index contributed by atoms with van der Waals surface area (Å²) in [5.74, 6) is 0.257. The number of imidazole rings is 1. The topological polar surface area (TPSA) is 150 Å². The minimum absolute atomic E-state index is 0.106. The van der Waals surface area contributed by atoms with Crippen LogP contribution >= 0.6 is 0 Å². The second-order valence-electron chi connectivity index (χ2n) is 16.8. The van der Waals surface area contributed by atoms with Gasteiger partial charge in [0, 0.05) is 56.6 Å². The van der Waals surface area contributed by atoms with E-state index in [4.69, 9.17) is 19.5 Å². The molecule has 8 rings (SSSR count). The highest BCUT2D eigenvalue weighted by Crippen LogP contribution is 2.36. The quantitative estimate of drug-likeness (QED) is 0.135. The van der Waals surface area contributed by atoms with Crippen LogP contribution in [0.5, 0.6) is 0 Å². The lowest BCUT2D eigenvalue weighted by Crippen LogP contribution is -2.51. The van der Waals surface area contributed by atoms with Crippen LogP contribution in [0.3, 0.4) is 0 Å². The van der Waals surface area contributed by atoms with Gasteiger partial charge in [0.15, 0.2) is 0 Å². The Morgan fingerprint density at radius 3 is 2.10 bits per heavy atom. The van der Waals surface area contributed by atoms with Gasteiger partial charge >= 0.3 is 12.2 Å². The van der Waals surface area contributed by atoms with E-state index in [0.717, 1.165) is 81.5 Å². The Hall–Kier alpha value is -6.76. The summed E-state index contributed by atoms with van der Waals surface area (Å²) in [7, 11) is 4.50. The van der Waals surface area contributed by atoms with Crippen molar-refractivity contribution >= 4 is 46.1 Å². The number of methoxy groups -OCH3 is 1. The Bertz CT molecular complexity index is 2530. The molecule has 2 N–H and O–H groups in total. The predicted molar refractivity (Wildman–Crippen MR) is 239 cm³/mol. The fraction of sp³-hybridized carbons (Fsp3) is 0.347. The Morgan fingerprint density at radius 2 is 1.42 bits per heavy atom. The highest BCUT2D eigenvalue weighted by atomic mass is 16.6. The number of ether oxygens (including phenoxy) is 2. The van der Waals surface area contributed by atoms with Crippen LogP contribution in [0.1, 0.15) is 75.0 Å². The minimum atomic E-state index is -1.04. The number of benzene rings is 4. The monoisotopic (exact) mass is 835 g/mol. The van der Waals surface area contributed by atoms with Gasteiger partial charge in [0.2, 0.25) is 12.0 Å². The maximum atomic E-state index is 14.0. The van der Waals surface area contributed by atoms with Gasteiger partial charge in [-0.15, -0.1) is 0 Å². The number of amides is 4. The van der Waals surface area contributed by atoms with Crippen LogP contribution in [0.2, 0.25) is 0 Å². The Labute approximate surface area is 361 Å². The molecule has 0 saturated carbocycles. The third kappa shape index (κ3) is 8.70. The Balaban J connectivity index is 0.914. The van der Waals surface area contributed by atoms with Gasteiger partial charge in [-0.3, -0.25) is 14.6 Å². The number of aromatic nitrogens is 2. The number of hydrogen-bond donors (Lipinski definition) is 2. The van der Waals surface area contributed by atoms with Crippen molar-refractivity contribution in [1.82, 2.24) is 30.0 Å². The van der Waals surface area contributed by atoms with Crippen molar-refractivity contribution in [2.75, 3.05) is 34.3 Å². The molecule has 4 atom stereocenters. The van der Waals surface area contributed by atoms with Gasteiger partial charge in [0.25, 0.3) is 5.91 Å². The average Bonchev–Trinajstić information content (AvgIpc) is 4.14. The summed E-state index contributed by atoms with van der Waals surface area (Å²) >= 11 is 0. The number of H-pyrrole nitrogens is 1. The van der Waals surface area contributed by atoms with Crippen LogP contribution in [0.15, 0.2) is 108 Å². The van der Waals surface area contributed by atoms with E-state index in [0.29, 0.717) is 25.1 Å². The molecule has 4 amide bonds. The number of rotatable bonds is 11. The van der Waals surface area contributed by atoms with E-state index in [-0.39, 0.29) is 29.8 Å². The molecule has 2 saturated heterocycles. The molecule has 0 radical (unpaired) electrons. The Kier molecular flexibility index (Phi) is 12.2. The number of likely N-dealkylation sites (tertiary alicyclic amines) is 2. The number of nitrogens with zero attached hydrogens (tertiary/aromatic N) is 5. The summed E-state index contributed by atoms with van der Waals surface area (Å²) in [5, 5.41) is 4.91. The van der Waals surface area contributed by atoms with E-state index < -0.39 is 24.3 Å². The van der Waals surface area contributed by atoms with Crippen LogP contribution in [-0.4, -0.2) is 101 Å². The predicted octanol–water partition coefficient (Wildman–Crippen LogP) is 8.56. The van der Waals surface area contributed by atoms with Gasteiger partial charge in [-0.05, 0) is 76.8 Å². The zero-order valence-electron chi connectivity index (χ0n) is 35.8. The van der Waals surface area contributed by atoms with Crippen LogP contribution in [0.25, 0.3) is 38.7 Å². The normalized spacial score (nSPS) is 18.4. The number of fused-ring (bicyclic) bond motifs is 1. The fourth-order valence-electron chi connectivity index (χ4n) is 8.77. The van der Waals surface area contributed by atoms with Crippen molar-refractivity contribution in [2.45, 2.75) is 70.2 Å². The number of hydrogen-bond acceptors (Lipinski definition) is 8. The molecule has 2 fully saturated rings. The molecule has 3 aliphatic heterocycles. The van der Waals surface area contributed by atoms with Crippen molar-refractivity contribution in [3.05, 3.63) is 120 Å². The summed E-state index contributed by atoms with van der Waals surface area (Å²) < 4.78 is 10.5. The maximum absolute atomic E-state index is 14.0. The number of nitrogens with one attached hydrogen (secondary N) is 2. The van der Waals surface area contributed by atoms with Gasteiger partial charge in [0.05, 0.1) is 31.1 Å². The van der Waals surface area contributed by atoms with E-state index in [1.807, 2.05) is 66.4 Å². The SMILES string of the molecule is COC(=O)N[C@H](C(=O)N1CCC[C@H]1c1ncc(-c2ccc3cc(-c4ccc(C5=CN=C([C@@H]6CCCN6C(=O)C(OC(=O)N(C)C)c6ccccc6)C5)cc4)ccc3c2)[nH]1)C(C)C. The highest BCUT2D eigenvalue weighted by molar-refractivity contribution is 6.04. The van der Waals surface area contributed by atoms with E-state index in [2.05, 4.69) is 71.0 Å². The molecule has 13 heteroatoms. The summed E-state index contributed by atoms with van der Waals surface area (Å²) in [5.41, 5.74) is 7.84. The first-order chi connectivity index (χ1) is 30.0. The lowest BCUT2D eigenvalue weighted by Gasteiger charge is -2.30. The zero-order valence-corrected chi connectivity index (χ0v) is 35.8. The minimum Gasteiger partial charge on any atom is -0.453 e. The molecule has 320 valence electrons. The summed E-state index contributed by atoms with van der Waals surface area (Å²) in [6.07, 6.45) is 5.44. The van der Waals surface area contributed by atoms with Crippen molar-refractivity contribution < 1.29 is 28.7 Å². The molecule has 3 aliphatic rings. The zero-order chi connectivity index (χ0) is 43.5. The lowest BCUT2D eigenvalue weighted by molar-refractivity contribution is -0.141. The van der Waals surface area contributed by atoms with E-state index in [1.165, 1.54) is 12.0 Å². The Morgan fingerprint density at radius 1 is 0.790 bits per heavy atom. The van der Waals surface area contributed by atoms with Crippen LogP contribution in [-0.2, 0) is 19.1 Å². The van der Waals surface area contributed by atoms with E-state index in [1.54, 1.807) is 14.1 Å². The number of alkyl carbamates (subject to hydrolysis) is 1. The van der Waals surface area contributed by atoms with E-state index >= 15 is 0 Å². The molecule has 0 aliphatic carbocycles. The molecule has 1 unspecified atom stereocenters. The standard InChI is InChI=1S/C49H53N7O6/c1-30(2)43(53-48(59)61-5)46(57)56-24-10-14-42(56)45-51-29-40(52-45)37-22-21-35-25-34(19-20-36(35)26-37)31-15-17-32(18-16-31)38-27-39(50-28-38)41-13-9-23-55(41)47(58)44(62-49(60)54(3)4)33-11-7-6-8-12-33/h6-8,11-12,15-22,25-26,28-30,41-44H,9-10,13-14,23-24,27H2,1-5H3,(H,51,52)(H,53,59)/t41-,42-,43-,44?/m0/s1. The molecule has 0 bridgehead atoms. The van der Waals surface area contributed by atoms with E-state index in [9.17, 15) is 19.2 Å². The first-order valence-corrected chi connectivity index (χ1v) is 21.3. The van der Waals surface area contributed by atoms with Gasteiger partial charge in [-0.1, -0.05) is 92.7 Å². The highest BCUT2D eigenvalue weighted by Gasteiger charge is 2.40.